The van der Waals surface area contributed by atoms with Gasteiger partial charge in [0.2, 0.25) is 0 Å². The molecule has 0 aromatic carbocycles. The van der Waals surface area contributed by atoms with E-state index in [2.05, 4.69) is 5.92 Å². The smallest absolute Gasteiger partial charge is 0.147 e. The van der Waals surface area contributed by atoms with E-state index in [9.17, 15) is 5.11 Å². The van der Waals surface area contributed by atoms with Crippen molar-refractivity contribution in [2.24, 2.45) is 0 Å². The summed E-state index contributed by atoms with van der Waals surface area (Å²) in [7, 11) is 0. The highest BCUT2D eigenvalue weighted by Gasteiger charge is 2.17. The molecule has 1 aliphatic rings. The molecule has 0 fully saturated rings. The molecule has 0 radical (unpaired) electrons. The molecule has 1 heteroatoms. The van der Waals surface area contributed by atoms with Crippen molar-refractivity contribution in [3.05, 3.63) is 24.3 Å². The molecule has 0 bridgehead atoms. The lowest BCUT2D eigenvalue weighted by Gasteiger charge is -2.16. The number of hydrogen-bond acceptors (Lipinski definition) is 1. The van der Waals surface area contributed by atoms with Crippen LogP contribution in [-0.4, -0.2) is 10.7 Å². The number of hydrogen-bond donors (Lipinski definition) is 1. The summed E-state index contributed by atoms with van der Waals surface area (Å²) in [4.78, 5) is 0. The Balaban J connectivity index is 2.72. The van der Waals surface area contributed by atoms with E-state index in [-0.39, 0.29) is 0 Å². The van der Waals surface area contributed by atoms with Gasteiger partial charge >= 0.3 is 0 Å². The second-order valence-corrected chi connectivity index (χ2v) is 2.72. The molecule has 1 unspecified atom stereocenters. The first-order valence-electron chi connectivity index (χ1n) is 3.80. The summed E-state index contributed by atoms with van der Waals surface area (Å²) in [5, 5.41) is 9.61. The minimum Gasteiger partial charge on any atom is -0.374 e. The van der Waals surface area contributed by atoms with Crippen molar-refractivity contribution >= 4 is 0 Å². The van der Waals surface area contributed by atoms with Gasteiger partial charge in [-0.2, -0.15) is 0 Å². The fourth-order valence-electron chi connectivity index (χ4n) is 1.03. The van der Waals surface area contributed by atoms with E-state index in [0.717, 1.165) is 12.8 Å². The molecule has 0 amide bonds. The van der Waals surface area contributed by atoms with Crippen LogP contribution in [0.25, 0.3) is 0 Å². The Kier molecular flexibility index (Phi) is 2.51. The summed E-state index contributed by atoms with van der Waals surface area (Å²) in [5.41, 5.74) is -1.04. The van der Waals surface area contributed by atoms with Crippen LogP contribution in [0.5, 0.6) is 0 Å². The van der Waals surface area contributed by atoms with Gasteiger partial charge in [0, 0.05) is 6.42 Å². The molecule has 0 spiro atoms. The lowest BCUT2D eigenvalue weighted by atomic mass is 9.97. The first-order chi connectivity index (χ1) is 5.27. The van der Waals surface area contributed by atoms with E-state index >= 15 is 0 Å². The Morgan fingerprint density at radius 2 is 2.00 bits per heavy atom. The van der Waals surface area contributed by atoms with Gasteiger partial charge < -0.3 is 5.11 Å². The molecule has 58 valence electrons. The average molecular weight is 148 g/mol. The maximum Gasteiger partial charge on any atom is 0.147 e. The minimum absolute atomic E-state index is 0.528. The molecule has 11 heavy (non-hydrogen) atoms. The molecule has 1 N–H and O–H groups in total. The van der Waals surface area contributed by atoms with E-state index in [1.54, 1.807) is 6.08 Å². The maximum absolute atomic E-state index is 9.61. The Morgan fingerprint density at radius 1 is 1.27 bits per heavy atom. The molecule has 1 atom stereocenters. The summed E-state index contributed by atoms with van der Waals surface area (Å²) in [6.45, 7) is 0. The zero-order chi connectivity index (χ0) is 8.16. The van der Waals surface area contributed by atoms with Crippen LogP contribution in [0.3, 0.4) is 0 Å². The van der Waals surface area contributed by atoms with E-state index in [4.69, 9.17) is 6.42 Å². The van der Waals surface area contributed by atoms with Gasteiger partial charge in [0.1, 0.15) is 5.60 Å². The Bertz CT molecular complexity index is 220. The van der Waals surface area contributed by atoms with Crippen LogP contribution in [0.2, 0.25) is 0 Å². The molecule has 0 saturated carbocycles. The molecule has 0 aromatic rings. The largest absolute Gasteiger partial charge is 0.374 e. The maximum atomic E-state index is 9.61. The highest BCUT2D eigenvalue weighted by molar-refractivity contribution is 5.22. The Morgan fingerprint density at radius 3 is 2.73 bits per heavy atom. The van der Waals surface area contributed by atoms with Crippen molar-refractivity contribution in [3.8, 4) is 12.3 Å². The van der Waals surface area contributed by atoms with Crippen molar-refractivity contribution in [2.75, 3.05) is 0 Å². The van der Waals surface area contributed by atoms with Crippen LogP contribution in [-0.2, 0) is 0 Å². The van der Waals surface area contributed by atoms with Crippen LogP contribution >= 0.6 is 0 Å². The highest BCUT2D eigenvalue weighted by Crippen LogP contribution is 2.15. The van der Waals surface area contributed by atoms with Gasteiger partial charge in [0.05, 0.1) is 0 Å². The highest BCUT2D eigenvalue weighted by atomic mass is 16.3. The van der Waals surface area contributed by atoms with Crippen LogP contribution in [0.4, 0.5) is 0 Å². The molecule has 0 aliphatic heterocycles. The molecule has 1 rings (SSSR count). The third-order valence-electron chi connectivity index (χ3n) is 1.74. The molecule has 0 heterocycles. The average Bonchev–Trinajstić information content (AvgIpc) is 1.98. The number of aliphatic hydroxyl groups is 1. The van der Waals surface area contributed by atoms with E-state index < -0.39 is 5.60 Å². The topological polar surface area (TPSA) is 20.2 Å². The third kappa shape index (κ3) is 2.25. The van der Waals surface area contributed by atoms with Gasteiger partial charge in [-0.15, -0.1) is 6.42 Å². The third-order valence-corrected chi connectivity index (χ3v) is 1.74. The monoisotopic (exact) mass is 148 g/mol. The van der Waals surface area contributed by atoms with Gasteiger partial charge in [-0.1, -0.05) is 24.1 Å². The number of terminal acetylenes is 1. The van der Waals surface area contributed by atoms with Gasteiger partial charge in [0.15, 0.2) is 0 Å². The van der Waals surface area contributed by atoms with Gasteiger partial charge in [-0.3, -0.25) is 0 Å². The fourth-order valence-corrected chi connectivity index (χ4v) is 1.03. The molecule has 1 nitrogen and oxygen atoms in total. The van der Waals surface area contributed by atoms with Crippen LogP contribution in [0.15, 0.2) is 24.3 Å². The predicted octanol–water partition coefficient (Wildman–Crippen LogP) is 1.65. The minimum atomic E-state index is -1.04. The van der Waals surface area contributed by atoms with Crippen LogP contribution in [0.1, 0.15) is 19.3 Å². The zero-order valence-electron chi connectivity index (χ0n) is 6.46. The molecule has 0 saturated heterocycles. The second-order valence-electron chi connectivity index (χ2n) is 2.72. The molecular formula is C10H12O. The predicted molar refractivity (Wildman–Crippen MR) is 45.9 cm³/mol. The number of allylic oxidation sites excluding steroid dienone is 2. The number of rotatable bonds is 0. The van der Waals surface area contributed by atoms with Gasteiger partial charge in [-0.25, -0.2) is 0 Å². The van der Waals surface area contributed by atoms with Crippen LogP contribution < -0.4 is 0 Å². The summed E-state index contributed by atoms with van der Waals surface area (Å²) in [5.74, 6) is 2.37. The molecule has 1 aliphatic carbocycles. The standard InChI is InChI=1S/C10H12O/c1-2-10(11)8-6-4-3-5-7-9-10/h1,4,6-7,9,11H,3,5,8H2/b6-4-,9-7-. The summed E-state index contributed by atoms with van der Waals surface area (Å²) < 4.78 is 0. The van der Waals surface area contributed by atoms with Crippen molar-refractivity contribution in [3.63, 3.8) is 0 Å². The summed E-state index contributed by atoms with van der Waals surface area (Å²) in [6.07, 6.45) is 15.3. The SMILES string of the molecule is C#CC1(O)/C=C\CC/C=C\C1. The normalized spacial score (nSPS) is 36.4. The first kappa shape index (κ1) is 8.10. The van der Waals surface area contributed by atoms with Gasteiger partial charge in [-0.05, 0) is 18.9 Å². The van der Waals surface area contributed by atoms with Crippen molar-refractivity contribution in [1.29, 1.82) is 0 Å². The van der Waals surface area contributed by atoms with Gasteiger partial charge in [0.25, 0.3) is 0 Å². The van der Waals surface area contributed by atoms with Crippen molar-refractivity contribution in [2.45, 2.75) is 24.9 Å². The Labute approximate surface area is 67.4 Å². The van der Waals surface area contributed by atoms with E-state index in [1.165, 1.54) is 0 Å². The van der Waals surface area contributed by atoms with Crippen LogP contribution in [0, 0.1) is 12.3 Å². The van der Waals surface area contributed by atoms with Crippen molar-refractivity contribution in [1.82, 2.24) is 0 Å². The first-order valence-corrected chi connectivity index (χ1v) is 3.80. The van der Waals surface area contributed by atoms with E-state index in [1.807, 2.05) is 18.2 Å². The summed E-state index contributed by atoms with van der Waals surface area (Å²) in [6, 6.07) is 0. The fraction of sp³-hybridized carbons (Fsp3) is 0.400. The Hall–Kier alpha value is -1.00. The van der Waals surface area contributed by atoms with E-state index in [0.29, 0.717) is 6.42 Å². The molecule has 0 aromatic heterocycles. The van der Waals surface area contributed by atoms with Crippen molar-refractivity contribution < 1.29 is 5.11 Å². The zero-order valence-corrected chi connectivity index (χ0v) is 6.46. The summed E-state index contributed by atoms with van der Waals surface area (Å²) >= 11 is 0. The second kappa shape index (κ2) is 3.41. The lowest BCUT2D eigenvalue weighted by Crippen LogP contribution is -2.22. The quantitative estimate of drug-likeness (QED) is 0.409. The molecular weight excluding hydrogens is 136 g/mol. The lowest BCUT2D eigenvalue weighted by molar-refractivity contribution is 0.156.